The standard InChI is InChI=1S/C21H27NO6/c1-2-26-19(11-12-23)20(16-7-6-10-18(15-16)27-14-13-24)28-21(25)22-17-8-4-3-5-9-17/h3-10,15,19-20,23-24H,2,11-14H2,1H3,(H,22,25)/t19-,20-/m0/s1. The molecular formula is C21H27NO6. The van der Waals surface area contributed by atoms with Crippen molar-refractivity contribution >= 4 is 11.8 Å². The van der Waals surface area contributed by atoms with Gasteiger partial charge in [0.05, 0.1) is 6.61 Å². The van der Waals surface area contributed by atoms with Crippen molar-refractivity contribution in [2.45, 2.75) is 25.6 Å². The van der Waals surface area contributed by atoms with Crippen LogP contribution in [0.25, 0.3) is 0 Å². The first-order chi connectivity index (χ1) is 13.7. The van der Waals surface area contributed by atoms with Crippen LogP contribution in [-0.2, 0) is 9.47 Å². The van der Waals surface area contributed by atoms with Crippen LogP contribution in [0, 0.1) is 0 Å². The van der Waals surface area contributed by atoms with Gasteiger partial charge in [-0.3, -0.25) is 5.32 Å². The zero-order valence-electron chi connectivity index (χ0n) is 15.9. The fraction of sp³-hybridized carbons (Fsp3) is 0.381. The Morgan fingerprint density at radius 3 is 2.54 bits per heavy atom. The molecule has 0 unspecified atom stereocenters. The van der Waals surface area contributed by atoms with Crippen LogP contribution in [0.4, 0.5) is 10.5 Å². The molecule has 0 aliphatic carbocycles. The average molecular weight is 389 g/mol. The Morgan fingerprint density at radius 2 is 1.86 bits per heavy atom. The molecule has 0 fully saturated rings. The molecule has 2 aromatic carbocycles. The monoisotopic (exact) mass is 389 g/mol. The zero-order chi connectivity index (χ0) is 20.2. The quantitative estimate of drug-likeness (QED) is 0.546. The summed E-state index contributed by atoms with van der Waals surface area (Å²) in [6, 6.07) is 16.0. The molecule has 7 heteroatoms. The smallest absolute Gasteiger partial charge is 0.412 e. The van der Waals surface area contributed by atoms with Gasteiger partial charge in [-0.15, -0.1) is 0 Å². The summed E-state index contributed by atoms with van der Waals surface area (Å²) in [5.41, 5.74) is 1.28. The number of carbonyl (C=O) groups is 1. The third-order valence-corrected chi connectivity index (χ3v) is 3.93. The summed E-state index contributed by atoms with van der Waals surface area (Å²) in [4.78, 5) is 12.5. The van der Waals surface area contributed by atoms with E-state index in [9.17, 15) is 9.90 Å². The van der Waals surface area contributed by atoms with E-state index in [1.54, 1.807) is 36.4 Å². The lowest BCUT2D eigenvalue weighted by Gasteiger charge is -2.27. The second-order valence-electron chi connectivity index (χ2n) is 5.97. The molecule has 2 aromatic rings. The van der Waals surface area contributed by atoms with Gasteiger partial charge in [-0.25, -0.2) is 4.79 Å². The SMILES string of the molecule is CCO[C@@H](CCO)[C@@H](OC(=O)Nc1ccccc1)c1cccc(OCCO)c1. The van der Waals surface area contributed by atoms with Gasteiger partial charge in [0.25, 0.3) is 0 Å². The minimum Gasteiger partial charge on any atom is -0.491 e. The van der Waals surface area contributed by atoms with E-state index >= 15 is 0 Å². The van der Waals surface area contributed by atoms with Gasteiger partial charge in [-0.05, 0) is 36.8 Å². The molecule has 152 valence electrons. The van der Waals surface area contributed by atoms with Gasteiger partial charge >= 0.3 is 6.09 Å². The van der Waals surface area contributed by atoms with E-state index in [4.69, 9.17) is 19.3 Å². The number of para-hydroxylation sites is 1. The topological polar surface area (TPSA) is 97.2 Å². The molecule has 0 bridgehead atoms. The Morgan fingerprint density at radius 1 is 1.07 bits per heavy atom. The molecule has 0 aromatic heterocycles. The molecule has 0 aliphatic heterocycles. The number of benzene rings is 2. The van der Waals surface area contributed by atoms with E-state index in [1.807, 2.05) is 25.1 Å². The third kappa shape index (κ3) is 6.84. The maximum atomic E-state index is 12.5. The van der Waals surface area contributed by atoms with Crippen LogP contribution in [-0.4, -0.2) is 48.8 Å². The Balaban J connectivity index is 2.22. The van der Waals surface area contributed by atoms with Crippen molar-refractivity contribution in [1.82, 2.24) is 0 Å². The number of rotatable bonds is 11. The van der Waals surface area contributed by atoms with E-state index in [1.165, 1.54) is 0 Å². The lowest BCUT2D eigenvalue weighted by atomic mass is 10.0. The first-order valence-corrected chi connectivity index (χ1v) is 9.26. The predicted molar refractivity (Wildman–Crippen MR) is 105 cm³/mol. The third-order valence-electron chi connectivity index (χ3n) is 3.93. The number of carbonyl (C=O) groups excluding carboxylic acids is 1. The Kier molecular flexibility index (Phi) is 9.27. The summed E-state index contributed by atoms with van der Waals surface area (Å²) in [6.45, 7) is 2.20. The minimum absolute atomic E-state index is 0.101. The van der Waals surface area contributed by atoms with Crippen molar-refractivity contribution in [3.63, 3.8) is 0 Å². The largest absolute Gasteiger partial charge is 0.491 e. The van der Waals surface area contributed by atoms with Crippen LogP contribution in [0.5, 0.6) is 5.75 Å². The Hall–Kier alpha value is -2.61. The highest BCUT2D eigenvalue weighted by Crippen LogP contribution is 2.29. The van der Waals surface area contributed by atoms with Crippen LogP contribution < -0.4 is 10.1 Å². The van der Waals surface area contributed by atoms with E-state index in [0.717, 1.165) is 0 Å². The molecule has 7 nitrogen and oxygen atoms in total. The fourth-order valence-corrected chi connectivity index (χ4v) is 2.75. The van der Waals surface area contributed by atoms with Gasteiger partial charge in [0.2, 0.25) is 0 Å². The summed E-state index contributed by atoms with van der Waals surface area (Å²) in [5.74, 6) is 0.544. The van der Waals surface area contributed by atoms with Crippen molar-refractivity contribution in [3.8, 4) is 5.75 Å². The molecule has 0 aliphatic rings. The van der Waals surface area contributed by atoms with E-state index in [2.05, 4.69) is 5.32 Å². The van der Waals surface area contributed by atoms with E-state index < -0.39 is 18.3 Å². The lowest BCUT2D eigenvalue weighted by molar-refractivity contribution is -0.0484. The summed E-state index contributed by atoms with van der Waals surface area (Å²) in [6.07, 6.45) is -1.59. The number of amides is 1. The van der Waals surface area contributed by atoms with Crippen molar-refractivity contribution in [2.24, 2.45) is 0 Å². The van der Waals surface area contributed by atoms with Crippen LogP contribution in [0.1, 0.15) is 25.0 Å². The maximum Gasteiger partial charge on any atom is 0.412 e. The number of aliphatic hydroxyl groups is 2. The second-order valence-corrected chi connectivity index (χ2v) is 5.97. The van der Waals surface area contributed by atoms with E-state index in [-0.39, 0.29) is 19.8 Å². The minimum atomic E-state index is -0.742. The summed E-state index contributed by atoms with van der Waals surface area (Å²) >= 11 is 0. The number of aliphatic hydroxyl groups excluding tert-OH is 2. The van der Waals surface area contributed by atoms with Gasteiger partial charge in [0, 0.05) is 25.3 Å². The molecule has 28 heavy (non-hydrogen) atoms. The molecule has 0 saturated carbocycles. The van der Waals surface area contributed by atoms with Crippen molar-refractivity contribution in [3.05, 3.63) is 60.2 Å². The lowest BCUT2D eigenvalue weighted by Crippen LogP contribution is -2.29. The van der Waals surface area contributed by atoms with Crippen LogP contribution >= 0.6 is 0 Å². The molecule has 0 spiro atoms. The number of ether oxygens (including phenoxy) is 3. The molecule has 2 rings (SSSR count). The zero-order valence-corrected chi connectivity index (χ0v) is 15.9. The molecule has 2 atom stereocenters. The van der Waals surface area contributed by atoms with Crippen molar-refractivity contribution < 1.29 is 29.2 Å². The summed E-state index contributed by atoms with van der Waals surface area (Å²) in [5, 5.41) is 21.0. The average Bonchev–Trinajstić information content (AvgIpc) is 2.71. The first-order valence-electron chi connectivity index (χ1n) is 9.26. The number of anilines is 1. The summed E-state index contributed by atoms with van der Waals surface area (Å²) < 4.78 is 16.9. The first kappa shape index (κ1) is 21.7. The van der Waals surface area contributed by atoms with Crippen molar-refractivity contribution in [1.29, 1.82) is 0 Å². The fourth-order valence-electron chi connectivity index (χ4n) is 2.75. The van der Waals surface area contributed by atoms with Gasteiger partial charge in [0.1, 0.15) is 18.5 Å². The number of hydrogen-bond donors (Lipinski definition) is 3. The highest BCUT2D eigenvalue weighted by Gasteiger charge is 2.28. The van der Waals surface area contributed by atoms with Crippen LogP contribution in [0.3, 0.4) is 0 Å². The summed E-state index contributed by atoms with van der Waals surface area (Å²) in [7, 11) is 0. The highest BCUT2D eigenvalue weighted by molar-refractivity contribution is 5.84. The molecular weight excluding hydrogens is 362 g/mol. The molecule has 3 N–H and O–H groups in total. The predicted octanol–water partition coefficient (Wildman–Crippen LogP) is 3.14. The molecule has 0 radical (unpaired) electrons. The van der Waals surface area contributed by atoms with Crippen molar-refractivity contribution in [2.75, 3.05) is 31.7 Å². The van der Waals surface area contributed by atoms with E-state index in [0.29, 0.717) is 30.0 Å². The van der Waals surface area contributed by atoms with Crippen LogP contribution in [0.2, 0.25) is 0 Å². The van der Waals surface area contributed by atoms with Crippen LogP contribution in [0.15, 0.2) is 54.6 Å². The molecule has 0 heterocycles. The molecule has 0 saturated heterocycles. The number of nitrogens with one attached hydrogen (secondary N) is 1. The Bertz CT molecular complexity index is 703. The maximum absolute atomic E-state index is 12.5. The highest BCUT2D eigenvalue weighted by atomic mass is 16.6. The second kappa shape index (κ2) is 12.0. The van der Waals surface area contributed by atoms with Gasteiger partial charge < -0.3 is 24.4 Å². The van der Waals surface area contributed by atoms with Gasteiger partial charge in [-0.2, -0.15) is 0 Å². The number of hydrogen-bond acceptors (Lipinski definition) is 6. The Labute approximate surface area is 164 Å². The normalized spacial score (nSPS) is 12.8. The van der Waals surface area contributed by atoms with Gasteiger partial charge in [-0.1, -0.05) is 30.3 Å². The van der Waals surface area contributed by atoms with Gasteiger partial charge in [0.15, 0.2) is 6.10 Å². The molecule has 1 amide bonds.